The number of aliphatic hydroxyl groups is 1. The van der Waals surface area contributed by atoms with Crippen molar-refractivity contribution in [2.24, 2.45) is 0 Å². The van der Waals surface area contributed by atoms with Crippen LogP contribution < -0.4 is 10.1 Å². The quantitative estimate of drug-likeness (QED) is 0.319. The number of hydrogen-bond donors (Lipinski definition) is 3. The Kier molecular flexibility index (Phi) is 6.86. The van der Waals surface area contributed by atoms with E-state index in [4.69, 9.17) is 4.74 Å². The second-order valence-corrected chi connectivity index (χ2v) is 10.7. The molecule has 6 rings (SSSR count). The van der Waals surface area contributed by atoms with E-state index < -0.39 is 23.1 Å². The Morgan fingerprint density at radius 1 is 1.05 bits per heavy atom. The highest BCUT2D eigenvalue weighted by Crippen LogP contribution is 2.49. The summed E-state index contributed by atoms with van der Waals surface area (Å²) in [4.78, 5) is 33.7. The topological polar surface area (TPSA) is 97.9 Å². The zero-order valence-corrected chi connectivity index (χ0v) is 22.5. The number of fused-ring (bicyclic) bond motifs is 4. The number of aromatic nitrogens is 1. The van der Waals surface area contributed by atoms with Gasteiger partial charge in [-0.05, 0) is 73.0 Å². The number of amides is 3. The van der Waals surface area contributed by atoms with Gasteiger partial charge in [0.25, 0.3) is 5.91 Å². The lowest BCUT2D eigenvalue weighted by Gasteiger charge is -2.50. The van der Waals surface area contributed by atoms with Crippen LogP contribution in [0.4, 0.5) is 19.3 Å². The number of piperidine rings is 1. The number of hydrogen-bond acceptors (Lipinski definition) is 4. The lowest BCUT2D eigenvalue weighted by atomic mass is 9.68. The normalized spacial score (nSPS) is 17.9. The van der Waals surface area contributed by atoms with Crippen molar-refractivity contribution in [2.75, 3.05) is 38.7 Å². The van der Waals surface area contributed by atoms with Crippen molar-refractivity contribution in [3.8, 4) is 5.75 Å². The summed E-state index contributed by atoms with van der Waals surface area (Å²) in [6, 6.07) is 15.9. The summed E-state index contributed by atoms with van der Waals surface area (Å²) in [6.07, 6.45) is 1.11. The number of benzene rings is 3. The van der Waals surface area contributed by atoms with Crippen molar-refractivity contribution < 1.29 is 28.2 Å². The molecule has 0 unspecified atom stereocenters. The number of nitrogens with zero attached hydrogens (tertiary/aromatic N) is 2. The number of aromatic amines is 1. The fourth-order valence-electron chi connectivity index (χ4n) is 6.29. The van der Waals surface area contributed by atoms with Gasteiger partial charge in [-0.2, -0.15) is 0 Å². The first-order valence-corrected chi connectivity index (χ1v) is 13.5. The number of methoxy groups -OCH3 is 1. The number of carbonyl (C=O) groups is 2. The second kappa shape index (κ2) is 10.5. The molecule has 10 heteroatoms. The zero-order chi connectivity index (χ0) is 28.7. The highest BCUT2D eigenvalue weighted by Gasteiger charge is 2.49. The number of H-pyrrole nitrogens is 1. The summed E-state index contributed by atoms with van der Waals surface area (Å²) in [5, 5.41) is 14.3. The molecule has 1 atom stereocenters. The summed E-state index contributed by atoms with van der Waals surface area (Å²) in [6.45, 7) is 0.833. The molecule has 41 heavy (non-hydrogen) atoms. The third kappa shape index (κ3) is 4.78. The summed E-state index contributed by atoms with van der Waals surface area (Å²) < 4.78 is 32.7. The Bertz CT molecular complexity index is 1610. The number of nitrogens with one attached hydrogen (secondary N) is 2. The molecule has 1 fully saturated rings. The van der Waals surface area contributed by atoms with Crippen molar-refractivity contribution in [1.82, 2.24) is 14.8 Å². The zero-order valence-electron chi connectivity index (χ0n) is 22.5. The maximum atomic E-state index is 13.8. The Morgan fingerprint density at radius 3 is 2.49 bits per heavy atom. The van der Waals surface area contributed by atoms with Crippen LogP contribution in [0.3, 0.4) is 0 Å². The summed E-state index contributed by atoms with van der Waals surface area (Å²) in [5.41, 5.74) is 2.79. The molecule has 0 bridgehead atoms. The van der Waals surface area contributed by atoms with Crippen molar-refractivity contribution in [3.63, 3.8) is 0 Å². The first-order valence-electron chi connectivity index (χ1n) is 13.5. The van der Waals surface area contributed by atoms with Gasteiger partial charge in [-0.1, -0.05) is 6.07 Å². The van der Waals surface area contributed by atoms with Crippen LogP contribution in [-0.2, 0) is 5.41 Å². The van der Waals surface area contributed by atoms with Gasteiger partial charge < -0.3 is 29.9 Å². The molecule has 1 spiro atoms. The third-order valence-corrected chi connectivity index (χ3v) is 8.36. The van der Waals surface area contributed by atoms with E-state index in [9.17, 15) is 23.5 Å². The number of ether oxygens (including phenoxy) is 1. The van der Waals surface area contributed by atoms with E-state index in [2.05, 4.69) is 10.3 Å². The van der Waals surface area contributed by atoms with E-state index in [1.165, 1.54) is 42.5 Å². The molecule has 4 aromatic rings. The number of aliphatic hydroxyl groups excluding tert-OH is 1. The number of likely N-dealkylation sites (tertiary alicyclic amines) is 1. The second-order valence-electron chi connectivity index (χ2n) is 10.7. The van der Waals surface area contributed by atoms with Gasteiger partial charge in [-0.15, -0.1) is 0 Å². The molecular formula is C31H30F2N4O4. The molecule has 3 heterocycles. The molecule has 3 amide bonds. The van der Waals surface area contributed by atoms with Crippen LogP contribution in [0.5, 0.6) is 5.75 Å². The minimum absolute atomic E-state index is 0.303. The van der Waals surface area contributed by atoms with Crippen LogP contribution in [0.1, 0.15) is 40.5 Å². The fourth-order valence-corrected chi connectivity index (χ4v) is 6.29. The predicted molar refractivity (Wildman–Crippen MR) is 150 cm³/mol. The molecule has 1 saturated heterocycles. The molecule has 3 aromatic carbocycles. The number of carbonyl (C=O) groups excluding carboxylic acids is 2. The number of anilines is 1. The molecule has 2 aliphatic heterocycles. The first-order chi connectivity index (χ1) is 19.8. The maximum Gasteiger partial charge on any atom is 0.321 e. The van der Waals surface area contributed by atoms with Crippen LogP contribution in [0.2, 0.25) is 0 Å². The Balaban J connectivity index is 1.36. The molecular weight excluding hydrogens is 530 g/mol. The largest absolute Gasteiger partial charge is 0.497 e. The van der Waals surface area contributed by atoms with Crippen molar-refractivity contribution in [1.29, 1.82) is 0 Å². The van der Waals surface area contributed by atoms with Crippen LogP contribution in [0.15, 0.2) is 66.7 Å². The average Bonchev–Trinajstić information content (AvgIpc) is 3.37. The highest BCUT2D eigenvalue weighted by molar-refractivity contribution is 5.96. The molecule has 0 aliphatic carbocycles. The fraction of sp³-hybridized carbons (Fsp3) is 0.290. The number of urea groups is 1. The smallest absolute Gasteiger partial charge is 0.321 e. The molecule has 0 radical (unpaired) electrons. The first kappa shape index (κ1) is 26.8. The van der Waals surface area contributed by atoms with Gasteiger partial charge in [-0.25, -0.2) is 13.6 Å². The summed E-state index contributed by atoms with van der Waals surface area (Å²) >= 11 is 0. The van der Waals surface area contributed by atoms with Crippen LogP contribution >= 0.6 is 0 Å². The standard InChI is InChI=1S/C31H30F2N4O4/c1-41-23-9-10-24-25(16-23)35-28-26(17-38)37(29(39)19-5-7-20(32)8-6-19)18-31(27(24)28)11-13-36(14-12-31)30(40)34-22-4-2-3-21(33)15-22/h2-10,15-16,26,35,38H,11-14,17-18H2,1H3,(H,34,40)/t26-/m1/s1. The van der Waals surface area contributed by atoms with Gasteiger partial charge in [-0.3, -0.25) is 4.79 Å². The molecule has 8 nitrogen and oxygen atoms in total. The van der Waals surface area contributed by atoms with E-state index in [0.29, 0.717) is 49.5 Å². The number of halogens is 2. The Morgan fingerprint density at radius 2 is 1.80 bits per heavy atom. The lowest BCUT2D eigenvalue weighted by molar-refractivity contribution is 0.0371. The van der Waals surface area contributed by atoms with Crippen LogP contribution in [0, 0.1) is 11.6 Å². The maximum absolute atomic E-state index is 13.8. The van der Waals surface area contributed by atoms with E-state index in [1.54, 1.807) is 23.0 Å². The third-order valence-electron chi connectivity index (χ3n) is 8.36. The lowest BCUT2D eigenvalue weighted by Crippen LogP contribution is -2.56. The van der Waals surface area contributed by atoms with Gasteiger partial charge >= 0.3 is 6.03 Å². The SMILES string of the molecule is COc1ccc2c3c([nH]c2c1)[C@@H](CO)N(C(=O)c1ccc(F)cc1)CC31CCN(C(=O)Nc2cccc(F)c2)CC1. The summed E-state index contributed by atoms with van der Waals surface area (Å²) in [7, 11) is 1.59. The Labute approximate surface area is 235 Å². The molecule has 3 N–H and O–H groups in total. The minimum atomic E-state index is -0.638. The number of rotatable bonds is 4. The van der Waals surface area contributed by atoms with Gasteiger partial charge in [0.15, 0.2) is 0 Å². The van der Waals surface area contributed by atoms with E-state index >= 15 is 0 Å². The van der Waals surface area contributed by atoms with Gasteiger partial charge in [0.05, 0.1) is 19.8 Å². The van der Waals surface area contributed by atoms with Crippen molar-refractivity contribution in [2.45, 2.75) is 24.3 Å². The van der Waals surface area contributed by atoms with Gasteiger partial charge in [0.1, 0.15) is 17.4 Å². The van der Waals surface area contributed by atoms with Crippen LogP contribution in [-0.4, -0.2) is 65.2 Å². The predicted octanol–water partition coefficient (Wildman–Crippen LogP) is 5.21. The molecule has 1 aromatic heterocycles. The van der Waals surface area contributed by atoms with Crippen LogP contribution in [0.25, 0.3) is 10.9 Å². The average molecular weight is 561 g/mol. The highest BCUT2D eigenvalue weighted by atomic mass is 19.1. The van der Waals surface area contributed by atoms with E-state index in [1.807, 2.05) is 18.2 Å². The molecule has 2 aliphatic rings. The Hall–Kier alpha value is -4.44. The van der Waals surface area contributed by atoms with E-state index in [-0.39, 0.29) is 18.5 Å². The molecule has 0 saturated carbocycles. The molecule has 212 valence electrons. The van der Waals surface area contributed by atoms with Crippen molar-refractivity contribution in [3.05, 3.63) is 95.2 Å². The van der Waals surface area contributed by atoms with Gasteiger partial charge in [0, 0.05) is 59.0 Å². The minimum Gasteiger partial charge on any atom is -0.497 e. The van der Waals surface area contributed by atoms with Crippen molar-refractivity contribution >= 4 is 28.5 Å². The van der Waals surface area contributed by atoms with E-state index in [0.717, 1.165) is 22.2 Å². The summed E-state index contributed by atoms with van der Waals surface area (Å²) in [5.74, 6) is -0.507. The monoisotopic (exact) mass is 560 g/mol. The van der Waals surface area contributed by atoms with Gasteiger partial charge in [0.2, 0.25) is 0 Å².